The lowest BCUT2D eigenvalue weighted by molar-refractivity contribution is -0.0339. The predicted molar refractivity (Wildman–Crippen MR) is 97.8 cm³/mol. The third-order valence-electron chi connectivity index (χ3n) is 5.21. The maximum Gasteiger partial charge on any atom is 0.411 e. The Labute approximate surface area is 154 Å². The molecule has 1 aromatic rings. The Kier molecular flexibility index (Phi) is 4.38. The molecule has 25 heavy (non-hydrogen) atoms. The van der Waals surface area contributed by atoms with Gasteiger partial charge in [-0.3, -0.25) is 4.90 Å². The zero-order valence-corrected chi connectivity index (χ0v) is 16.4. The second kappa shape index (κ2) is 6.01. The molecule has 0 spiro atoms. The summed E-state index contributed by atoms with van der Waals surface area (Å²) in [5.74, 6) is 0.715. The molecule has 2 saturated heterocycles. The van der Waals surface area contributed by atoms with Gasteiger partial charge in [0.15, 0.2) is 5.15 Å². The van der Waals surface area contributed by atoms with Gasteiger partial charge >= 0.3 is 6.09 Å². The number of anilines is 1. The molecule has 2 unspecified atom stereocenters. The van der Waals surface area contributed by atoms with Gasteiger partial charge < -0.3 is 10.1 Å². The largest absolute Gasteiger partial charge is 0.444 e. The van der Waals surface area contributed by atoms with Crippen molar-refractivity contribution in [2.45, 2.75) is 83.0 Å². The molecule has 1 aromatic heterocycles. The van der Waals surface area contributed by atoms with Gasteiger partial charge in [0, 0.05) is 17.1 Å². The lowest BCUT2D eigenvalue weighted by Crippen LogP contribution is -2.62. The van der Waals surface area contributed by atoms with Gasteiger partial charge in [-0.05, 0) is 72.4 Å². The van der Waals surface area contributed by atoms with Gasteiger partial charge in [-0.25, -0.2) is 4.79 Å². The average Bonchev–Trinajstić information content (AvgIpc) is 2.63. The molecule has 0 aliphatic carbocycles. The van der Waals surface area contributed by atoms with Crippen molar-refractivity contribution >= 4 is 23.5 Å². The Morgan fingerprint density at radius 2 is 1.84 bits per heavy atom. The molecule has 2 fully saturated rings. The summed E-state index contributed by atoms with van der Waals surface area (Å²) >= 11 is 5.80. The second-order valence-corrected chi connectivity index (χ2v) is 9.19. The monoisotopic (exact) mass is 366 g/mol. The fourth-order valence-electron chi connectivity index (χ4n) is 4.39. The minimum Gasteiger partial charge on any atom is -0.444 e. The van der Waals surface area contributed by atoms with Crippen LogP contribution in [0.4, 0.5) is 10.6 Å². The smallest absolute Gasteiger partial charge is 0.411 e. The molecule has 2 bridgehead atoms. The second-order valence-electron chi connectivity index (χ2n) is 8.80. The van der Waals surface area contributed by atoms with E-state index < -0.39 is 5.60 Å². The maximum atomic E-state index is 12.8. The number of aromatic nitrogens is 2. The van der Waals surface area contributed by atoms with E-state index in [1.807, 2.05) is 31.7 Å². The minimum atomic E-state index is -0.489. The van der Waals surface area contributed by atoms with Crippen LogP contribution in [0.2, 0.25) is 5.15 Å². The summed E-state index contributed by atoms with van der Waals surface area (Å²) in [6.07, 6.45) is 3.46. The highest BCUT2D eigenvalue weighted by Gasteiger charge is 2.58. The van der Waals surface area contributed by atoms with Gasteiger partial charge in [0.25, 0.3) is 0 Å². The SMILES string of the molecule is CC(C)(C)OC(=O)N1C2(C)CCC1(C)CC(Nc1ccc(Cl)nn1)C2. The molecular weight excluding hydrogens is 340 g/mol. The van der Waals surface area contributed by atoms with E-state index in [1.54, 1.807) is 6.07 Å². The van der Waals surface area contributed by atoms with Crippen LogP contribution in [0, 0.1) is 0 Å². The van der Waals surface area contributed by atoms with E-state index in [1.165, 1.54) is 0 Å². The first-order valence-electron chi connectivity index (χ1n) is 8.80. The molecule has 0 saturated carbocycles. The molecule has 2 aliphatic rings. The molecule has 1 N–H and O–H groups in total. The van der Waals surface area contributed by atoms with Crippen LogP contribution in [0.5, 0.6) is 0 Å². The number of piperidine rings is 1. The average molecular weight is 367 g/mol. The topological polar surface area (TPSA) is 67.3 Å². The van der Waals surface area contributed by atoms with E-state index in [2.05, 4.69) is 29.4 Å². The Morgan fingerprint density at radius 3 is 2.32 bits per heavy atom. The zero-order valence-electron chi connectivity index (χ0n) is 15.6. The molecule has 2 aliphatic heterocycles. The molecular formula is C18H27ClN4O2. The highest BCUT2D eigenvalue weighted by atomic mass is 35.5. The van der Waals surface area contributed by atoms with Crippen molar-refractivity contribution in [3.63, 3.8) is 0 Å². The molecule has 0 radical (unpaired) electrons. The first kappa shape index (κ1) is 18.2. The van der Waals surface area contributed by atoms with Crippen LogP contribution < -0.4 is 5.32 Å². The number of carbonyl (C=O) groups excluding carboxylic acids is 1. The van der Waals surface area contributed by atoms with E-state index in [4.69, 9.17) is 16.3 Å². The molecule has 6 nitrogen and oxygen atoms in total. The Morgan fingerprint density at radius 1 is 1.24 bits per heavy atom. The van der Waals surface area contributed by atoms with Crippen LogP contribution >= 0.6 is 11.6 Å². The van der Waals surface area contributed by atoms with Crippen LogP contribution in [-0.2, 0) is 4.74 Å². The van der Waals surface area contributed by atoms with E-state index >= 15 is 0 Å². The third-order valence-corrected chi connectivity index (χ3v) is 5.42. The quantitative estimate of drug-likeness (QED) is 0.847. The number of amides is 1. The van der Waals surface area contributed by atoms with Crippen molar-refractivity contribution in [1.82, 2.24) is 15.1 Å². The molecule has 3 heterocycles. The number of ether oxygens (including phenoxy) is 1. The van der Waals surface area contributed by atoms with E-state index in [-0.39, 0.29) is 23.2 Å². The summed E-state index contributed by atoms with van der Waals surface area (Å²) in [4.78, 5) is 14.8. The normalized spacial score (nSPS) is 31.8. The number of hydrogen-bond acceptors (Lipinski definition) is 5. The first-order valence-corrected chi connectivity index (χ1v) is 9.18. The van der Waals surface area contributed by atoms with Crippen molar-refractivity contribution in [3.05, 3.63) is 17.3 Å². The molecule has 2 atom stereocenters. The number of rotatable bonds is 2. The molecule has 7 heteroatoms. The minimum absolute atomic E-state index is 0.209. The molecule has 138 valence electrons. The summed E-state index contributed by atoms with van der Waals surface area (Å²) in [7, 11) is 0. The number of fused-ring (bicyclic) bond motifs is 2. The predicted octanol–water partition coefficient (Wildman–Crippen LogP) is 4.25. The number of nitrogens with one attached hydrogen (secondary N) is 1. The number of halogens is 1. The summed E-state index contributed by atoms with van der Waals surface area (Å²) in [6, 6.07) is 3.79. The van der Waals surface area contributed by atoms with Crippen molar-refractivity contribution < 1.29 is 9.53 Å². The van der Waals surface area contributed by atoms with Crippen molar-refractivity contribution in [2.24, 2.45) is 0 Å². The van der Waals surface area contributed by atoms with Gasteiger partial charge in [0.05, 0.1) is 0 Å². The summed E-state index contributed by atoms with van der Waals surface area (Å²) in [6.45, 7) is 10.0. The van der Waals surface area contributed by atoms with E-state index in [9.17, 15) is 4.79 Å². The summed E-state index contributed by atoms with van der Waals surface area (Å²) in [5.41, 5.74) is -0.920. The Balaban J connectivity index is 1.77. The maximum absolute atomic E-state index is 12.8. The highest BCUT2D eigenvalue weighted by molar-refractivity contribution is 6.29. The van der Waals surface area contributed by atoms with Crippen LogP contribution in [0.1, 0.15) is 60.3 Å². The lowest BCUT2D eigenvalue weighted by Gasteiger charge is -2.51. The number of nitrogens with zero attached hydrogens (tertiary/aromatic N) is 3. The van der Waals surface area contributed by atoms with Gasteiger partial charge in [0.2, 0.25) is 0 Å². The standard InChI is InChI=1S/C18H27ClN4O2/c1-16(2,3)25-15(24)23-17(4)8-9-18(23,5)11-12(10-17)20-14-7-6-13(19)21-22-14/h6-7,12H,8-11H2,1-5H3,(H,20,22). The van der Waals surface area contributed by atoms with Crippen molar-refractivity contribution in [2.75, 3.05) is 5.32 Å². The van der Waals surface area contributed by atoms with E-state index in [0.29, 0.717) is 11.0 Å². The highest BCUT2D eigenvalue weighted by Crippen LogP contribution is 2.51. The van der Waals surface area contributed by atoms with E-state index in [0.717, 1.165) is 25.7 Å². The third kappa shape index (κ3) is 3.68. The lowest BCUT2D eigenvalue weighted by atomic mass is 9.82. The van der Waals surface area contributed by atoms with Crippen LogP contribution in [0.3, 0.4) is 0 Å². The summed E-state index contributed by atoms with van der Waals surface area (Å²) < 4.78 is 5.68. The number of hydrogen-bond donors (Lipinski definition) is 1. The zero-order chi connectivity index (χ0) is 18.5. The number of carbonyl (C=O) groups is 1. The van der Waals surface area contributed by atoms with Gasteiger partial charge in [-0.1, -0.05) is 11.6 Å². The van der Waals surface area contributed by atoms with Crippen molar-refractivity contribution in [1.29, 1.82) is 0 Å². The molecule has 3 rings (SSSR count). The summed E-state index contributed by atoms with van der Waals surface area (Å²) in [5, 5.41) is 11.8. The molecule has 1 amide bonds. The van der Waals surface area contributed by atoms with Crippen LogP contribution in [0.15, 0.2) is 12.1 Å². The fraction of sp³-hybridized carbons (Fsp3) is 0.722. The van der Waals surface area contributed by atoms with Crippen LogP contribution in [-0.4, -0.2) is 43.9 Å². The Bertz CT molecular complexity index is 640. The van der Waals surface area contributed by atoms with Crippen molar-refractivity contribution in [3.8, 4) is 0 Å². The van der Waals surface area contributed by atoms with Gasteiger partial charge in [-0.15, -0.1) is 10.2 Å². The van der Waals surface area contributed by atoms with Gasteiger partial charge in [-0.2, -0.15) is 0 Å². The first-order chi connectivity index (χ1) is 11.5. The Hall–Kier alpha value is -1.56. The molecule has 0 aromatic carbocycles. The van der Waals surface area contributed by atoms with Gasteiger partial charge in [0.1, 0.15) is 11.4 Å². The van der Waals surface area contributed by atoms with Crippen LogP contribution in [0.25, 0.3) is 0 Å². The fourth-order valence-corrected chi connectivity index (χ4v) is 4.49.